The van der Waals surface area contributed by atoms with Crippen molar-refractivity contribution in [2.75, 3.05) is 62.7 Å². The van der Waals surface area contributed by atoms with Crippen LogP contribution in [0, 0.1) is 11.7 Å². The zero-order valence-corrected chi connectivity index (χ0v) is 21.0. The van der Waals surface area contributed by atoms with Gasteiger partial charge in [-0.3, -0.25) is 19.4 Å². The van der Waals surface area contributed by atoms with E-state index in [-0.39, 0.29) is 30.7 Å². The second-order valence-corrected chi connectivity index (χ2v) is 9.77. The summed E-state index contributed by atoms with van der Waals surface area (Å²) in [5, 5.41) is 2.63. The quantitative estimate of drug-likeness (QED) is 0.612. The van der Waals surface area contributed by atoms with Gasteiger partial charge in [0, 0.05) is 51.1 Å². The van der Waals surface area contributed by atoms with Crippen molar-refractivity contribution in [1.82, 2.24) is 10.2 Å². The number of cyclic esters (lactones) is 1. The number of fused-ring (bicyclic) bond motifs is 1. The number of methoxy groups -OCH3 is 1. The molecule has 0 spiro atoms. The van der Waals surface area contributed by atoms with E-state index in [4.69, 9.17) is 9.47 Å². The molecule has 5 rings (SSSR count). The summed E-state index contributed by atoms with van der Waals surface area (Å²) < 4.78 is 25.7. The molecule has 2 unspecified atom stereocenters. The number of nitrogens with one attached hydrogen (secondary N) is 1. The molecule has 0 bridgehead atoms. The number of rotatable bonds is 7. The number of amides is 2. The Morgan fingerprint density at radius 2 is 1.92 bits per heavy atom. The molecule has 2 saturated heterocycles. The number of anilines is 2. The number of carbonyl (C=O) groups excluding carboxylic acids is 3. The minimum atomic E-state index is -0.557. The molecule has 2 aliphatic heterocycles. The molecule has 196 valence electrons. The summed E-state index contributed by atoms with van der Waals surface area (Å²) in [6.07, 6.45) is -0.321. The molecule has 2 aromatic rings. The predicted molar refractivity (Wildman–Crippen MR) is 136 cm³/mol. The summed E-state index contributed by atoms with van der Waals surface area (Å²) in [4.78, 5) is 41.9. The lowest BCUT2D eigenvalue weighted by molar-refractivity contribution is -0.119. The number of ketones is 1. The SMILES string of the molecule is COc1ccc2c(c1)CC(CN1CCN(c3ccc(N4CC(CNC(C)=O)OC4=O)cc3F)CC1)C2=O. The van der Waals surface area contributed by atoms with E-state index in [2.05, 4.69) is 10.2 Å². The largest absolute Gasteiger partial charge is 0.497 e. The Hall–Kier alpha value is -3.66. The van der Waals surface area contributed by atoms with Gasteiger partial charge in [0.25, 0.3) is 0 Å². The molecule has 9 nitrogen and oxygen atoms in total. The van der Waals surface area contributed by atoms with Gasteiger partial charge < -0.3 is 19.7 Å². The summed E-state index contributed by atoms with van der Waals surface area (Å²) in [7, 11) is 1.62. The lowest BCUT2D eigenvalue weighted by atomic mass is 10.0. The van der Waals surface area contributed by atoms with E-state index < -0.39 is 18.0 Å². The van der Waals surface area contributed by atoms with Crippen molar-refractivity contribution in [2.45, 2.75) is 19.4 Å². The fourth-order valence-corrected chi connectivity index (χ4v) is 5.33. The first kappa shape index (κ1) is 25.0. The number of carbonyl (C=O) groups is 3. The van der Waals surface area contributed by atoms with E-state index in [9.17, 15) is 14.4 Å². The highest BCUT2D eigenvalue weighted by atomic mass is 19.1. The highest BCUT2D eigenvalue weighted by Gasteiger charge is 2.34. The van der Waals surface area contributed by atoms with Crippen molar-refractivity contribution in [1.29, 1.82) is 0 Å². The number of ether oxygens (including phenoxy) is 2. The van der Waals surface area contributed by atoms with Gasteiger partial charge in [0.15, 0.2) is 5.78 Å². The number of hydrogen-bond donors (Lipinski definition) is 1. The number of Topliss-reactive ketones (excluding diaryl/α,β-unsaturated/α-hetero) is 1. The third-order valence-electron chi connectivity index (χ3n) is 7.30. The summed E-state index contributed by atoms with van der Waals surface area (Å²) in [5.74, 6) is 0.270. The third kappa shape index (κ3) is 5.24. The number of piperazine rings is 1. The molecule has 3 aliphatic rings. The van der Waals surface area contributed by atoms with Gasteiger partial charge in [-0.25, -0.2) is 9.18 Å². The summed E-state index contributed by atoms with van der Waals surface area (Å²) in [6, 6.07) is 10.4. The molecule has 2 aromatic carbocycles. The highest BCUT2D eigenvalue weighted by molar-refractivity contribution is 6.02. The normalized spacial score (nSPS) is 21.7. The topological polar surface area (TPSA) is 91.4 Å². The molecular formula is C27H31FN4O5. The van der Waals surface area contributed by atoms with Gasteiger partial charge in [0.1, 0.15) is 17.7 Å². The third-order valence-corrected chi connectivity index (χ3v) is 7.30. The molecule has 2 amide bonds. The lowest BCUT2D eigenvalue weighted by Crippen LogP contribution is -2.48. The minimum absolute atomic E-state index is 0.0700. The average molecular weight is 511 g/mol. The van der Waals surface area contributed by atoms with Crippen LogP contribution in [0.1, 0.15) is 22.8 Å². The monoisotopic (exact) mass is 510 g/mol. The fourth-order valence-electron chi connectivity index (χ4n) is 5.33. The first-order valence-corrected chi connectivity index (χ1v) is 12.5. The van der Waals surface area contributed by atoms with E-state index in [0.717, 1.165) is 30.0 Å². The van der Waals surface area contributed by atoms with E-state index in [0.29, 0.717) is 37.4 Å². The van der Waals surface area contributed by atoms with Crippen LogP contribution in [0.25, 0.3) is 0 Å². The number of nitrogens with zero attached hydrogens (tertiary/aromatic N) is 3. The number of halogens is 1. The van der Waals surface area contributed by atoms with Crippen LogP contribution in [0.3, 0.4) is 0 Å². The lowest BCUT2D eigenvalue weighted by Gasteiger charge is -2.37. The van der Waals surface area contributed by atoms with Crippen molar-refractivity contribution in [3.8, 4) is 5.75 Å². The Morgan fingerprint density at radius 3 is 2.62 bits per heavy atom. The summed E-state index contributed by atoms with van der Waals surface area (Å²) >= 11 is 0. The Morgan fingerprint density at radius 1 is 1.14 bits per heavy atom. The van der Waals surface area contributed by atoms with Gasteiger partial charge in [-0.05, 0) is 48.4 Å². The zero-order chi connectivity index (χ0) is 26.1. The predicted octanol–water partition coefficient (Wildman–Crippen LogP) is 2.47. The van der Waals surface area contributed by atoms with E-state index >= 15 is 4.39 Å². The van der Waals surface area contributed by atoms with Crippen molar-refractivity contribution < 1.29 is 28.2 Å². The first-order valence-electron chi connectivity index (χ1n) is 12.5. The van der Waals surface area contributed by atoms with Crippen LogP contribution in [0.15, 0.2) is 36.4 Å². The second kappa shape index (κ2) is 10.4. The molecule has 2 fully saturated rings. The Balaban J connectivity index is 1.16. The van der Waals surface area contributed by atoms with Gasteiger partial charge >= 0.3 is 6.09 Å². The maximum absolute atomic E-state index is 15.1. The molecule has 1 aliphatic carbocycles. The molecule has 1 N–H and O–H groups in total. The molecule has 0 saturated carbocycles. The van der Waals surface area contributed by atoms with Gasteiger partial charge in [-0.15, -0.1) is 0 Å². The summed E-state index contributed by atoms with van der Waals surface area (Å²) in [5.41, 5.74) is 2.74. The van der Waals surface area contributed by atoms with Gasteiger partial charge in [0.05, 0.1) is 31.6 Å². The molecule has 0 aromatic heterocycles. The Labute approximate surface area is 215 Å². The molecule has 10 heteroatoms. The van der Waals surface area contributed by atoms with Crippen LogP contribution in [-0.2, 0) is 16.0 Å². The van der Waals surface area contributed by atoms with Crippen LogP contribution in [0.5, 0.6) is 5.75 Å². The van der Waals surface area contributed by atoms with Crippen LogP contribution in [-0.4, -0.2) is 81.7 Å². The van der Waals surface area contributed by atoms with Gasteiger partial charge in [0.2, 0.25) is 5.91 Å². The molecule has 0 radical (unpaired) electrons. The van der Waals surface area contributed by atoms with Gasteiger partial charge in [-0.1, -0.05) is 0 Å². The average Bonchev–Trinajstić information content (AvgIpc) is 3.41. The van der Waals surface area contributed by atoms with E-state index in [1.165, 1.54) is 17.9 Å². The minimum Gasteiger partial charge on any atom is -0.497 e. The Kier molecular flexibility index (Phi) is 7.01. The van der Waals surface area contributed by atoms with Crippen molar-refractivity contribution in [3.05, 3.63) is 53.3 Å². The van der Waals surface area contributed by atoms with Crippen LogP contribution in [0.4, 0.5) is 20.6 Å². The van der Waals surface area contributed by atoms with Gasteiger partial charge in [-0.2, -0.15) is 0 Å². The van der Waals surface area contributed by atoms with Crippen molar-refractivity contribution in [2.24, 2.45) is 5.92 Å². The zero-order valence-electron chi connectivity index (χ0n) is 21.0. The molecule has 2 atom stereocenters. The summed E-state index contributed by atoms with van der Waals surface area (Å²) in [6.45, 7) is 5.28. The second-order valence-electron chi connectivity index (χ2n) is 9.77. The molecular weight excluding hydrogens is 479 g/mol. The van der Waals surface area contributed by atoms with Crippen molar-refractivity contribution >= 4 is 29.2 Å². The Bertz CT molecular complexity index is 1210. The van der Waals surface area contributed by atoms with Crippen LogP contribution >= 0.6 is 0 Å². The standard InChI is InChI=1S/C27H31FN4O5/c1-17(33)29-14-22-16-32(27(35)37-22)20-3-6-25(24(28)13-20)31-9-7-30(8-10-31)15-19-11-18-12-21(36-2)4-5-23(18)26(19)34/h3-6,12-13,19,22H,7-11,14-16H2,1-2H3,(H,29,33). The van der Waals surface area contributed by atoms with Crippen LogP contribution < -0.4 is 19.9 Å². The molecule has 2 heterocycles. The maximum atomic E-state index is 15.1. The first-order chi connectivity index (χ1) is 17.8. The smallest absolute Gasteiger partial charge is 0.414 e. The highest BCUT2D eigenvalue weighted by Crippen LogP contribution is 2.32. The van der Waals surface area contributed by atoms with E-state index in [1.807, 2.05) is 23.1 Å². The molecule has 37 heavy (non-hydrogen) atoms. The van der Waals surface area contributed by atoms with Crippen molar-refractivity contribution in [3.63, 3.8) is 0 Å². The maximum Gasteiger partial charge on any atom is 0.414 e. The van der Waals surface area contributed by atoms with E-state index in [1.54, 1.807) is 19.2 Å². The number of benzene rings is 2. The van der Waals surface area contributed by atoms with Crippen LogP contribution in [0.2, 0.25) is 0 Å². The number of hydrogen-bond acceptors (Lipinski definition) is 7. The fraction of sp³-hybridized carbons (Fsp3) is 0.444.